The van der Waals surface area contributed by atoms with E-state index in [1.54, 1.807) is 10.9 Å². The van der Waals surface area contributed by atoms with Crippen LogP contribution in [0.3, 0.4) is 0 Å². The van der Waals surface area contributed by atoms with Crippen LogP contribution >= 0.6 is 8.69 Å². The molecule has 0 aliphatic rings. The van der Waals surface area contributed by atoms with E-state index in [1.165, 1.54) is 0 Å². The Balaban J connectivity index is 0.000000414. The second kappa shape index (κ2) is 11.8. The highest BCUT2D eigenvalue weighted by Gasteiger charge is 2.06. The Morgan fingerprint density at radius 2 is 2.14 bits per heavy atom. The van der Waals surface area contributed by atoms with Crippen molar-refractivity contribution >= 4 is 25.8 Å². The van der Waals surface area contributed by atoms with Gasteiger partial charge >= 0.3 is 8.69 Å². The van der Waals surface area contributed by atoms with E-state index in [9.17, 15) is 4.79 Å². The Labute approximate surface area is 128 Å². The molecule has 124 valence electrons. The number of nitrogens with one attached hydrogen (secondary N) is 1. The van der Waals surface area contributed by atoms with Crippen LogP contribution in [0.5, 0.6) is 0 Å². The van der Waals surface area contributed by atoms with E-state index in [-0.39, 0.29) is 18.1 Å². The maximum atomic E-state index is 11.3. The number of fused-ring (bicyclic) bond motifs is 1. The van der Waals surface area contributed by atoms with Crippen LogP contribution in [0.25, 0.3) is 11.2 Å². The molecule has 0 saturated heterocycles. The molecule has 0 aliphatic heterocycles. The molecular weight excluding hydrogens is 313 g/mol. The third-order valence-electron chi connectivity index (χ3n) is 2.27. The number of aliphatic hydroxyl groups is 1. The number of hydrogen-bond donors (Lipinski definition) is 4. The van der Waals surface area contributed by atoms with Crippen molar-refractivity contribution in [3.05, 3.63) is 16.7 Å². The van der Waals surface area contributed by atoms with E-state index < -0.39 is 8.69 Å². The molecule has 0 saturated carbocycles. The van der Waals surface area contributed by atoms with Crippen LogP contribution in [0.4, 0.5) is 5.95 Å². The van der Waals surface area contributed by atoms with Crippen molar-refractivity contribution < 1.29 is 19.3 Å². The summed E-state index contributed by atoms with van der Waals surface area (Å²) in [5.74, 6) is 0.118. The number of hydrogen-bond acceptors (Lipinski definition) is 7. The van der Waals surface area contributed by atoms with Gasteiger partial charge in [0.1, 0.15) is 0 Å². The van der Waals surface area contributed by atoms with Crippen LogP contribution in [0.15, 0.2) is 11.1 Å². The van der Waals surface area contributed by atoms with E-state index >= 15 is 0 Å². The highest BCUT2D eigenvalue weighted by Crippen LogP contribution is 2.05. The first kappa shape index (κ1) is 20.1. The second-order valence-corrected chi connectivity index (χ2v) is 3.82. The Bertz CT molecular complexity index is 610. The Kier molecular flexibility index (Phi) is 10.8. The van der Waals surface area contributed by atoms with Gasteiger partial charge in [-0.15, -0.1) is 0 Å². The average molecular weight is 333 g/mol. The zero-order valence-electron chi connectivity index (χ0n) is 12.4. The number of aromatic nitrogens is 4. The van der Waals surface area contributed by atoms with Gasteiger partial charge in [-0.25, -0.2) is 9.55 Å². The summed E-state index contributed by atoms with van der Waals surface area (Å²) in [5, 5.41) is 8.07. The summed E-state index contributed by atoms with van der Waals surface area (Å²) in [5.41, 5.74) is 5.96. The van der Waals surface area contributed by atoms with Crippen LogP contribution < -0.4 is 11.3 Å². The van der Waals surface area contributed by atoms with Gasteiger partial charge in [0.25, 0.3) is 5.56 Å². The molecule has 2 heterocycles. The van der Waals surface area contributed by atoms with Gasteiger partial charge < -0.3 is 25.0 Å². The van der Waals surface area contributed by atoms with Crippen molar-refractivity contribution in [3.8, 4) is 0 Å². The summed E-state index contributed by atoms with van der Waals surface area (Å²) in [6.07, 6.45) is 1.58. The summed E-state index contributed by atoms with van der Waals surface area (Å²) in [6, 6.07) is 0. The van der Waals surface area contributed by atoms with Crippen molar-refractivity contribution in [3.63, 3.8) is 0 Å². The average Bonchev–Trinajstić information content (AvgIpc) is 2.89. The molecule has 0 aliphatic carbocycles. The van der Waals surface area contributed by atoms with E-state index in [2.05, 4.69) is 15.0 Å². The standard InChI is InChI=1S/C7H9N5O.C4H10O2.HO2P/c1-2-12-3-9-4-5(12)10-7(8)11-6(4)13;1-2-6-4-3-5;1-3-2/h3H,2H2,1H3,(H3,8,10,11,13);5H,2-4H2,1H3;(H,1,2). The maximum absolute atomic E-state index is 11.3. The van der Waals surface area contributed by atoms with Crippen LogP contribution in [0.2, 0.25) is 0 Å². The molecule has 0 atom stereocenters. The molecular formula is C11H20N5O5P. The number of ether oxygens (including phenoxy) is 1. The van der Waals surface area contributed by atoms with Gasteiger partial charge in [-0.1, -0.05) is 0 Å². The predicted molar refractivity (Wildman–Crippen MR) is 81.6 cm³/mol. The first-order valence-corrected chi connectivity index (χ1v) is 7.18. The molecule has 0 unspecified atom stereocenters. The molecule has 22 heavy (non-hydrogen) atoms. The van der Waals surface area contributed by atoms with Crippen LogP contribution in [0, 0.1) is 0 Å². The molecule has 0 bridgehead atoms. The number of imidazole rings is 1. The van der Waals surface area contributed by atoms with E-state index in [0.29, 0.717) is 30.9 Å². The lowest BCUT2D eigenvalue weighted by Crippen LogP contribution is -2.12. The number of nitrogens with zero attached hydrogens (tertiary/aromatic N) is 3. The predicted octanol–water partition coefficient (Wildman–Crippen LogP) is -0.0777. The maximum Gasteiger partial charge on any atom is 0.324 e. The number of aliphatic hydroxyl groups excluding tert-OH is 1. The highest BCUT2D eigenvalue weighted by atomic mass is 31.1. The smallest absolute Gasteiger partial charge is 0.324 e. The Morgan fingerprint density at radius 3 is 2.59 bits per heavy atom. The lowest BCUT2D eigenvalue weighted by molar-refractivity contribution is 0.102. The third-order valence-corrected chi connectivity index (χ3v) is 2.27. The van der Waals surface area contributed by atoms with Crippen LogP contribution in [-0.2, 0) is 15.8 Å². The van der Waals surface area contributed by atoms with Gasteiger partial charge in [0.2, 0.25) is 5.95 Å². The van der Waals surface area contributed by atoms with Crippen LogP contribution in [0.1, 0.15) is 13.8 Å². The molecule has 0 fully saturated rings. The summed E-state index contributed by atoms with van der Waals surface area (Å²) in [7, 11) is -0.833. The largest absolute Gasteiger partial charge is 0.394 e. The monoisotopic (exact) mass is 333 g/mol. The van der Waals surface area contributed by atoms with Gasteiger partial charge in [-0.2, -0.15) is 4.98 Å². The zero-order chi connectivity index (χ0) is 17.0. The Morgan fingerprint density at radius 1 is 1.50 bits per heavy atom. The molecule has 11 heteroatoms. The quantitative estimate of drug-likeness (QED) is 0.447. The summed E-state index contributed by atoms with van der Waals surface area (Å²) in [6.45, 7) is 5.85. The minimum absolute atomic E-state index is 0.118. The lowest BCUT2D eigenvalue weighted by Gasteiger charge is -1.97. The number of nitrogens with two attached hydrogens (primary N) is 1. The van der Waals surface area contributed by atoms with E-state index in [4.69, 9.17) is 25.0 Å². The molecule has 2 rings (SSSR count). The number of rotatable bonds is 4. The fourth-order valence-electron chi connectivity index (χ4n) is 1.41. The molecule has 0 spiro atoms. The van der Waals surface area contributed by atoms with Crippen molar-refractivity contribution in [2.24, 2.45) is 0 Å². The number of aromatic amines is 1. The molecule has 5 N–H and O–H groups in total. The zero-order valence-corrected chi connectivity index (χ0v) is 13.3. The first-order chi connectivity index (χ1) is 10.5. The van der Waals surface area contributed by atoms with Crippen LogP contribution in [-0.4, -0.2) is 49.3 Å². The SMILES string of the molecule is CCOCCO.CCn1cnc2c(=O)[nH]c(N)nc21.O=PO. The number of H-pyrrole nitrogens is 1. The van der Waals surface area contributed by atoms with Gasteiger partial charge in [-0.3, -0.25) is 9.78 Å². The molecule has 0 radical (unpaired) electrons. The highest BCUT2D eigenvalue weighted by molar-refractivity contribution is 7.16. The summed E-state index contributed by atoms with van der Waals surface area (Å²) in [4.78, 5) is 28.6. The first-order valence-electron chi connectivity index (χ1n) is 6.41. The second-order valence-electron chi connectivity index (χ2n) is 3.66. The number of nitrogen functional groups attached to an aromatic ring is 1. The Hall–Kier alpha value is -1.87. The molecule has 10 nitrogen and oxygen atoms in total. The number of aryl methyl sites for hydroxylation is 1. The van der Waals surface area contributed by atoms with Crippen molar-refractivity contribution in [2.75, 3.05) is 25.6 Å². The van der Waals surface area contributed by atoms with E-state index in [0.717, 1.165) is 0 Å². The minimum atomic E-state index is -0.833. The van der Waals surface area contributed by atoms with Crippen molar-refractivity contribution in [1.29, 1.82) is 0 Å². The lowest BCUT2D eigenvalue weighted by atomic mass is 10.5. The molecule has 0 aromatic carbocycles. The number of anilines is 1. The van der Waals surface area contributed by atoms with E-state index in [1.807, 2.05) is 13.8 Å². The fourth-order valence-corrected chi connectivity index (χ4v) is 1.41. The van der Waals surface area contributed by atoms with Gasteiger partial charge in [0.15, 0.2) is 11.2 Å². The van der Waals surface area contributed by atoms with Crippen molar-refractivity contribution in [2.45, 2.75) is 20.4 Å². The molecule has 2 aromatic rings. The normalized spacial score (nSPS) is 9.82. The molecule has 2 aromatic heterocycles. The van der Waals surface area contributed by atoms with Crippen molar-refractivity contribution in [1.82, 2.24) is 19.5 Å². The summed E-state index contributed by atoms with van der Waals surface area (Å²) < 4.78 is 15.0. The van der Waals surface area contributed by atoms with Gasteiger partial charge in [0.05, 0.1) is 19.5 Å². The molecule has 0 amide bonds. The topological polar surface area (TPSA) is 156 Å². The minimum Gasteiger partial charge on any atom is -0.394 e. The summed E-state index contributed by atoms with van der Waals surface area (Å²) >= 11 is 0. The van der Waals surface area contributed by atoms with Gasteiger partial charge in [-0.05, 0) is 13.8 Å². The third kappa shape index (κ3) is 6.72. The van der Waals surface area contributed by atoms with Gasteiger partial charge in [0, 0.05) is 13.2 Å². The fraction of sp³-hybridized carbons (Fsp3) is 0.545.